The molecule has 1 aromatic heterocycles. The molecule has 0 aliphatic rings. The molecule has 0 amide bonds. The predicted molar refractivity (Wildman–Crippen MR) is 76.6 cm³/mol. The minimum atomic E-state index is -0.0713. The number of aromatic amines is 1. The third-order valence-electron chi connectivity index (χ3n) is 2.86. The zero-order chi connectivity index (χ0) is 13.3. The van der Waals surface area contributed by atoms with Gasteiger partial charge in [-0.2, -0.15) is 5.10 Å². The number of benzene rings is 1. The van der Waals surface area contributed by atoms with Crippen LogP contribution in [-0.2, 0) is 11.8 Å². The standard InChI is InChI=1S/C14H16Cl2N2/c1-14(2,3)12-11(15)5-4-9(13(12)16)8-10-6-7-17-18-10/h4-7H,8H2,1-3H3,(H,17,18). The van der Waals surface area contributed by atoms with Crippen molar-refractivity contribution in [2.45, 2.75) is 32.6 Å². The highest BCUT2D eigenvalue weighted by molar-refractivity contribution is 6.36. The highest BCUT2D eigenvalue weighted by atomic mass is 35.5. The van der Waals surface area contributed by atoms with Crippen LogP contribution in [0, 0.1) is 0 Å². The Balaban J connectivity index is 2.45. The number of aromatic nitrogens is 2. The van der Waals surface area contributed by atoms with E-state index in [9.17, 15) is 0 Å². The smallest absolute Gasteiger partial charge is 0.0494 e. The van der Waals surface area contributed by atoms with Crippen molar-refractivity contribution in [3.63, 3.8) is 0 Å². The van der Waals surface area contributed by atoms with Gasteiger partial charge in [0.2, 0.25) is 0 Å². The monoisotopic (exact) mass is 282 g/mol. The van der Waals surface area contributed by atoms with Crippen LogP contribution >= 0.6 is 23.2 Å². The quantitative estimate of drug-likeness (QED) is 0.857. The molecule has 0 unspecified atom stereocenters. The Hall–Kier alpha value is -0.990. The molecule has 1 aromatic carbocycles. The molecular formula is C14H16Cl2N2. The van der Waals surface area contributed by atoms with Gasteiger partial charge in [0.1, 0.15) is 0 Å². The maximum atomic E-state index is 6.50. The summed E-state index contributed by atoms with van der Waals surface area (Å²) in [4.78, 5) is 0. The molecule has 2 rings (SSSR count). The van der Waals surface area contributed by atoms with Crippen LogP contribution in [-0.4, -0.2) is 10.2 Å². The van der Waals surface area contributed by atoms with Crippen molar-refractivity contribution in [1.29, 1.82) is 0 Å². The van der Waals surface area contributed by atoms with Gasteiger partial charge in [0, 0.05) is 28.4 Å². The first-order chi connectivity index (χ1) is 8.39. The van der Waals surface area contributed by atoms with E-state index in [0.717, 1.165) is 33.3 Å². The second-order valence-corrected chi connectivity index (χ2v) is 6.19. The minimum absolute atomic E-state index is 0.0713. The topological polar surface area (TPSA) is 28.7 Å². The summed E-state index contributed by atoms with van der Waals surface area (Å²) in [7, 11) is 0. The summed E-state index contributed by atoms with van der Waals surface area (Å²) in [6.45, 7) is 6.33. The van der Waals surface area contributed by atoms with E-state index in [1.165, 1.54) is 0 Å². The van der Waals surface area contributed by atoms with Crippen LogP contribution in [0.1, 0.15) is 37.6 Å². The van der Waals surface area contributed by atoms with Crippen molar-refractivity contribution in [3.8, 4) is 0 Å². The molecule has 0 atom stereocenters. The van der Waals surface area contributed by atoms with Gasteiger partial charge in [-0.1, -0.05) is 50.0 Å². The lowest BCUT2D eigenvalue weighted by atomic mass is 9.85. The van der Waals surface area contributed by atoms with Crippen LogP contribution in [0.5, 0.6) is 0 Å². The normalized spacial score (nSPS) is 11.8. The van der Waals surface area contributed by atoms with Crippen LogP contribution < -0.4 is 0 Å². The molecule has 2 aromatic rings. The Labute approximate surface area is 117 Å². The summed E-state index contributed by atoms with van der Waals surface area (Å²) >= 11 is 12.8. The number of hydrogen-bond donors (Lipinski definition) is 1. The van der Waals surface area contributed by atoms with Gasteiger partial charge in [-0.05, 0) is 28.7 Å². The maximum Gasteiger partial charge on any atom is 0.0494 e. The third-order valence-corrected chi connectivity index (χ3v) is 3.61. The van der Waals surface area contributed by atoms with Gasteiger partial charge in [-0.15, -0.1) is 0 Å². The molecule has 4 heteroatoms. The van der Waals surface area contributed by atoms with Crippen LogP contribution in [0.4, 0.5) is 0 Å². The summed E-state index contributed by atoms with van der Waals surface area (Å²) in [6, 6.07) is 5.84. The van der Waals surface area contributed by atoms with Crippen molar-refractivity contribution in [2.24, 2.45) is 0 Å². The Bertz CT molecular complexity index is 540. The minimum Gasteiger partial charge on any atom is -0.282 e. The Morgan fingerprint density at radius 1 is 1.17 bits per heavy atom. The zero-order valence-electron chi connectivity index (χ0n) is 10.7. The number of H-pyrrole nitrogens is 1. The van der Waals surface area contributed by atoms with E-state index in [1.54, 1.807) is 6.20 Å². The number of nitrogens with zero attached hydrogens (tertiary/aromatic N) is 1. The molecule has 0 fully saturated rings. The lowest BCUT2D eigenvalue weighted by Gasteiger charge is -2.23. The molecular weight excluding hydrogens is 267 g/mol. The molecule has 0 bridgehead atoms. The number of nitrogens with one attached hydrogen (secondary N) is 1. The second kappa shape index (κ2) is 4.94. The van der Waals surface area contributed by atoms with Gasteiger partial charge in [0.25, 0.3) is 0 Å². The molecule has 0 saturated heterocycles. The zero-order valence-corrected chi connectivity index (χ0v) is 12.2. The van der Waals surface area contributed by atoms with E-state index in [4.69, 9.17) is 23.2 Å². The first kappa shape index (κ1) is 13.4. The summed E-state index contributed by atoms with van der Waals surface area (Å²) in [5, 5.41) is 8.36. The fourth-order valence-electron chi connectivity index (χ4n) is 2.01. The highest BCUT2D eigenvalue weighted by Crippen LogP contribution is 2.37. The van der Waals surface area contributed by atoms with Gasteiger partial charge in [-0.25, -0.2) is 0 Å². The molecule has 18 heavy (non-hydrogen) atoms. The first-order valence-electron chi connectivity index (χ1n) is 5.85. The van der Waals surface area contributed by atoms with E-state index >= 15 is 0 Å². The average molecular weight is 283 g/mol. The van der Waals surface area contributed by atoms with Crippen molar-refractivity contribution in [3.05, 3.63) is 51.3 Å². The predicted octanol–water partition coefficient (Wildman–Crippen LogP) is 4.60. The highest BCUT2D eigenvalue weighted by Gasteiger charge is 2.22. The Morgan fingerprint density at radius 3 is 2.44 bits per heavy atom. The average Bonchev–Trinajstić information content (AvgIpc) is 2.73. The van der Waals surface area contributed by atoms with Crippen LogP contribution in [0.2, 0.25) is 10.0 Å². The fourth-order valence-corrected chi connectivity index (χ4v) is 3.01. The van der Waals surface area contributed by atoms with Gasteiger partial charge in [-0.3, -0.25) is 5.10 Å². The Morgan fingerprint density at radius 2 is 1.89 bits per heavy atom. The summed E-state index contributed by atoms with van der Waals surface area (Å²) in [5.74, 6) is 0. The first-order valence-corrected chi connectivity index (χ1v) is 6.61. The number of hydrogen-bond acceptors (Lipinski definition) is 1. The fraction of sp³-hybridized carbons (Fsp3) is 0.357. The molecule has 0 spiro atoms. The summed E-state index contributed by atoms with van der Waals surface area (Å²) in [6.07, 6.45) is 2.48. The van der Waals surface area contributed by atoms with Crippen LogP contribution in [0.3, 0.4) is 0 Å². The van der Waals surface area contributed by atoms with E-state index in [1.807, 2.05) is 18.2 Å². The molecule has 96 valence electrons. The lowest BCUT2D eigenvalue weighted by Crippen LogP contribution is -2.13. The van der Waals surface area contributed by atoms with Crippen molar-refractivity contribution >= 4 is 23.2 Å². The largest absolute Gasteiger partial charge is 0.282 e. The van der Waals surface area contributed by atoms with Gasteiger partial charge in [0.05, 0.1) is 0 Å². The SMILES string of the molecule is CC(C)(C)c1c(Cl)ccc(Cc2ccn[nH]2)c1Cl. The van der Waals surface area contributed by atoms with E-state index in [-0.39, 0.29) is 5.41 Å². The van der Waals surface area contributed by atoms with Crippen molar-refractivity contribution < 1.29 is 0 Å². The van der Waals surface area contributed by atoms with Crippen molar-refractivity contribution in [2.75, 3.05) is 0 Å². The number of halogens is 2. The Kier molecular flexibility index (Phi) is 3.69. The third kappa shape index (κ3) is 2.70. The molecule has 1 heterocycles. The second-order valence-electron chi connectivity index (χ2n) is 5.40. The van der Waals surface area contributed by atoms with Crippen molar-refractivity contribution in [1.82, 2.24) is 10.2 Å². The van der Waals surface area contributed by atoms with Gasteiger partial charge < -0.3 is 0 Å². The molecule has 0 saturated carbocycles. The van der Waals surface area contributed by atoms with Gasteiger partial charge in [0.15, 0.2) is 0 Å². The lowest BCUT2D eigenvalue weighted by molar-refractivity contribution is 0.590. The van der Waals surface area contributed by atoms with E-state index in [2.05, 4.69) is 31.0 Å². The van der Waals surface area contributed by atoms with E-state index < -0.39 is 0 Å². The molecule has 0 aliphatic heterocycles. The summed E-state index contributed by atoms with van der Waals surface area (Å²) < 4.78 is 0. The number of rotatable bonds is 2. The summed E-state index contributed by atoms with van der Waals surface area (Å²) in [5.41, 5.74) is 3.04. The van der Waals surface area contributed by atoms with Crippen LogP contribution in [0.25, 0.3) is 0 Å². The van der Waals surface area contributed by atoms with E-state index in [0.29, 0.717) is 0 Å². The molecule has 0 radical (unpaired) electrons. The molecule has 1 N–H and O–H groups in total. The molecule has 0 aliphatic carbocycles. The molecule has 2 nitrogen and oxygen atoms in total. The maximum absolute atomic E-state index is 6.50. The van der Waals surface area contributed by atoms with Gasteiger partial charge >= 0.3 is 0 Å². The van der Waals surface area contributed by atoms with Crippen LogP contribution in [0.15, 0.2) is 24.4 Å².